The number of H-pyrrole nitrogens is 2. The van der Waals surface area contributed by atoms with Crippen molar-refractivity contribution < 1.29 is 0 Å². The summed E-state index contributed by atoms with van der Waals surface area (Å²) in [5.41, 5.74) is 0.672. The highest BCUT2D eigenvalue weighted by Crippen LogP contribution is 2.10. The van der Waals surface area contributed by atoms with E-state index < -0.39 is 0 Å². The Bertz CT molecular complexity index is 530. The minimum absolute atomic E-state index is 0.225. The van der Waals surface area contributed by atoms with Gasteiger partial charge in [0.2, 0.25) is 0 Å². The summed E-state index contributed by atoms with van der Waals surface area (Å²) in [7, 11) is 0. The zero-order chi connectivity index (χ0) is 10.7. The van der Waals surface area contributed by atoms with E-state index in [1.807, 2.05) is 30.3 Å². The van der Waals surface area contributed by atoms with Crippen LogP contribution in [0.5, 0.6) is 0 Å². The highest BCUT2D eigenvalue weighted by Gasteiger charge is 1.94. The molecule has 2 rings (SSSR count). The Kier molecular flexibility index (Phi) is 2.64. The van der Waals surface area contributed by atoms with Crippen LogP contribution in [-0.2, 0) is 0 Å². The predicted octanol–water partition coefficient (Wildman–Crippen LogP) is 2.18. The summed E-state index contributed by atoms with van der Waals surface area (Å²) in [6, 6.07) is 11.0. The van der Waals surface area contributed by atoms with Crippen molar-refractivity contribution in [3.8, 4) is 0 Å². The van der Waals surface area contributed by atoms with Gasteiger partial charge in [-0.25, -0.2) is 0 Å². The van der Waals surface area contributed by atoms with Crippen LogP contribution in [0.2, 0.25) is 0 Å². The SMILES string of the molecule is O=c1cc(Nc2ccccc2)[nH]c(=S)[nH]1. The lowest BCUT2D eigenvalue weighted by atomic mass is 10.3. The first kappa shape index (κ1) is 9.67. The maximum atomic E-state index is 11.1. The second-order valence-electron chi connectivity index (χ2n) is 2.99. The molecule has 4 nitrogen and oxygen atoms in total. The van der Waals surface area contributed by atoms with Gasteiger partial charge in [0.15, 0.2) is 4.77 Å². The lowest BCUT2D eigenvalue weighted by molar-refractivity contribution is 1.09. The summed E-state index contributed by atoms with van der Waals surface area (Å²) in [4.78, 5) is 16.4. The topological polar surface area (TPSA) is 60.7 Å². The molecular formula is C10H9N3OS. The van der Waals surface area contributed by atoms with E-state index in [2.05, 4.69) is 15.3 Å². The van der Waals surface area contributed by atoms with Gasteiger partial charge in [-0.1, -0.05) is 18.2 Å². The van der Waals surface area contributed by atoms with Crippen LogP contribution in [0.3, 0.4) is 0 Å². The standard InChI is InChI=1S/C10H9N3OS/c14-9-6-8(12-10(15)13-9)11-7-4-2-1-3-5-7/h1-6H,(H3,11,12,13,14,15). The Labute approximate surface area is 91.0 Å². The van der Waals surface area contributed by atoms with Gasteiger partial charge in [-0.05, 0) is 24.4 Å². The largest absolute Gasteiger partial charge is 0.342 e. The summed E-state index contributed by atoms with van der Waals surface area (Å²) < 4.78 is 0.306. The zero-order valence-corrected chi connectivity index (χ0v) is 8.60. The maximum Gasteiger partial charge on any atom is 0.253 e. The molecule has 1 aromatic heterocycles. The van der Waals surface area contributed by atoms with Gasteiger partial charge in [0.25, 0.3) is 5.56 Å². The fourth-order valence-corrected chi connectivity index (χ4v) is 1.42. The smallest absolute Gasteiger partial charge is 0.253 e. The van der Waals surface area contributed by atoms with Gasteiger partial charge in [0.05, 0.1) is 0 Å². The molecule has 0 radical (unpaired) electrons. The molecule has 0 aliphatic rings. The van der Waals surface area contributed by atoms with Crippen LogP contribution >= 0.6 is 12.2 Å². The first-order valence-electron chi connectivity index (χ1n) is 4.40. The van der Waals surface area contributed by atoms with Gasteiger partial charge >= 0.3 is 0 Å². The van der Waals surface area contributed by atoms with Crippen LogP contribution in [0.25, 0.3) is 0 Å². The first-order valence-corrected chi connectivity index (χ1v) is 4.80. The van der Waals surface area contributed by atoms with Gasteiger partial charge in [-0.2, -0.15) is 0 Å². The van der Waals surface area contributed by atoms with Crippen molar-refractivity contribution >= 4 is 23.7 Å². The molecule has 0 bridgehead atoms. The van der Waals surface area contributed by atoms with Crippen LogP contribution in [0.15, 0.2) is 41.2 Å². The average Bonchev–Trinajstić information content (AvgIpc) is 2.17. The number of hydrogen-bond acceptors (Lipinski definition) is 3. The van der Waals surface area contributed by atoms with E-state index in [9.17, 15) is 4.79 Å². The van der Waals surface area contributed by atoms with Gasteiger partial charge in [0.1, 0.15) is 5.82 Å². The zero-order valence-electron chi connectivity index (χ0n) is 7.78. The Morgan fingerprint density at radius 1 is 1.13 bits per heavy atom. The second-order valence-corrected chi connectivity index (χ2v) is 3.40. The molecule has 1 aromatic carbocycles. The Hall–Kier alpha value is -1.88. The number of aromatic amines is 2. The van der Waals surface area contributed by atoms with E-state index in [4.69, 9.17) is 12.2 Å². The Morgan fingerprint density at radius 2 is 1.87 bits per heavy atom. The Morgan fingerprint density at radius 3 is 2.53 bits per heavy atom. The molecule has 0 unspecified atom stereocenters. The molecule has 0 saturated carbocycles. The highest BCUT2D eigenvalue weighted by molar-refractivity contribution is 7.71. The normalized spacial score (nSPS) is 9.87. The molecule has 1 heterocycles. The van der Waals surface area contributed by atoms with Crippen LogP contribution in [0, 0.1) is 4.77 Å². The van der Waals surface area contributed by atoms with Crippen molar-refractivity contribution in [3.63, 3.8) is 0 Å². The summed E-state index contributed by atoms with van der Waals surface area (Å²) in [5.74, 6) is 0.579. The van der Waals surface area contributed by atoms with Gasteiger partial charge in [-0.3, -0.25) is 9.78 Å². The highest BCUT2D eigenvalue weighted by atomic mass is 32.1. The quantitative estimate of drug-likeness (QED) is 0.678. The number of hydrogen-bond donors (Lipinski definition) is 3. The second kappa shape index (κ2) is 4.10. The van der Waals surface area contributed by atoms with E-state index >= 15 is 0 Å². The van der Waals surface area contributed by atoms with E-state index in [1.165, 1.54) is 6.07 Å². The summed E-state index contributed by atoms with van der Waals surface area (Å²) in [6.45, 7) is 0. The van der Waals surface area contributed by atoms with E-state index in [0.29, 0.717) is 10.6 Å². The predicted molar refractivity (Wildman–Crippen MR) is 62.0 cm³/mol. The number of benzene rings is 1. The molecule has 15 heavy (non-hydrogen) atoms. The monoisotopic (exact) mass is 219 g/mol. The fraction of sp³-hybridized carbons (Fsp3) is 0. The third kappa shape index (κ3) is 2.54. The van der Waals surface area contributed by atoms with Crippen molar-refractivity contribution in [2.45, 2.75) is 0 Å². The molecule has 0 aliphatic carbocycles. The molecule has 0 amide bonds. The molecule has 5 heteroatoms. The number of para-hydroxylation sites is 1. The van der Waals surface area contributed by atoms with Crippen LogP contribution in [0.1, 0.15) is 0 Å². The molecule has 3 N–H and O–H groups in total. The number of nitrogens with one attached hydrogen (secondary N) is 3. The van der Waals surface area contributed by atoms with Crippen LogP contribution in [0.4, 0.5) is 11.5 Å². The van der Waals surface area contributed by atoms with E-state index in [1.54, 1.807) is 0 Å². The lowest BCUT2D eigenvalue weighted by Gasteiger charge is -2.04. The summed E-state index contributed by atoms with van der Waals surface area (Å²) >= 11 is 4.85. The third-order valence-corrected chi connectivity index (χ3v) is 2.02. The van der Waals surface area contributed by atoms with Crippen molar-refractivity contribution in [1.82, 2.24) is 9.97 Å². The molecule has 76 valence electrons. The van der Waals surface area contributed by atoms with Gasteiger partial charge < -0.3 is 10.3 Å². The Balaban J connectivity index is 2.33. The number of rotatable bonds is 2. The minimum atomic E-state index is -0.225. The van der Waals surface area contributed by atoms with E-state index in [0.717, 1.165) is 5.69 Å². The first-order chi connectivity index (χ1) is 7.24. The average molecular weight is 219 g/mol. The van der Waals surface area contributed by atoms with Crippen molar-refractivity contribution in [1.29, 1.82) is 0 Å². The van der Waals surface area contributed by atoms with Gasteiger partial charge in [0, 0.05) is 11.8 Å². The molecular weight excluding hydrogens is 210 g/mol. The van der Waals surface area contributed by atoms with E-state index in [-0.39, 0.29) is 5.56 Å². The molecule has 0 fully saturated rings. The summed E-state index contributed by atoms with van der Waals surface area (Å²) in [6.07, 6.45) is 0. The molecule has 0 saturated heterocycles. The molecule has 0 aliphatic heterocycles. The number of anilines is 2. The summed E-state index contributed by atoms with van der Waals surface area (Å²) in [5, 5.41) is 3.04. The molecule has 2 aromatic rings. The minimum Gasteiger partial charge on any atom is -0.342 e. The van der Waals surface area contributed by atoms with Crippen molar-refractivity contribution in [2.24, 2.45) is 0 Å². The lowest BCUT2D eigenvalue weighted by Crippen LogP contribution is -2.07. The van der Waals surface area contributed by atoms with Crippen molar-refractivity contribution in [2.75, 3.05) is 5.32 Å². The van der Waals surface area contributed by atoms with Crippen LogP contribution < -0.4 is 10.9 Å². The fourth-order valence-electron chi connectivity index (χ4n) is 1.21. The number of aromatic nitrogens is 2. The van der Waals surface area contributed by atoms with Crippen molar-refractivity contribution in [3.05, 3.63) is 51.5 Å². The van der Waals surface area contributed by atoms with Gasteiger partial charge in [-0.15, -0.1) is 0 Å². The third-order valence-electron chi connectivity index (χ3n) is 1.81. The van der Waals surface area contributed by atoms with Crippen LogP contribution in [-0.4, -0.2) is 9.97 Å². The molecule has 0 spiro atoms. The molecule has 0 atom stereocenters. The maximum absolute atomic E-state index is 11.1.